The fraction of sp³-hybridized carbons (Fsp3) is 0.875. The van der Waals surface area contributed by atoms with E-state index in [0.29, 0.717) is 24.8 Å². The Kier molecular flexibility index (Phi) is 2.93. The molecule has 1 heterocycles. The molecule has 1 aliphatic heterocycles. The summed E-state index contributed by atoms with van der Waals surface area (Å²) in [5.41, 5.74) is 0.568. The van der Waals surface area contributed by atoms with Crippen LogP contribution in [0, 0.1) is 22.7 Å². The van der Waals surface area contributed by atoms with Gasteiger partial charge < -0.3 is 10.2 Å². The van der Waals surface area contributed by atoms with E-state index in [1.807, 2.05) is 4.90 Å². The molecule has 112 valence electrons. The van der Waals surface area contributed by atoms with E-state index in [2.05, 4.69) is 33.0 Å². The average Bonchev–Trinajstić information content (AvgIpc) is 3.23. The molecule has 2 aliphatic carbocycles. The Morgan fingerprint density at radius 2 is 1.75 bits per heavy atom. The molecule has 0 aromatic heterocycles. The number of hydrogen-bond acceptors (Lipinski definition) is 2. The lowest BCUT2D eigenvalue weighted by molar-refractivity contribution is -0.134. The number of rotatable bonds is 3. The maximum atomic E-state index is 12.7. The van der Waals surface area contributed by atoms with E-state index in [4.69, 9.17) is 0 Å². The van der Waals surface area contributed by atoms with Gasteiger partial charge in [-0.3, -0.25) is 9.59 Å². The molecule has 0 bridgehead atoms. The number of nitrogens with zero attached hydrogens (tertiary/aromatic N) is 1. The maximum Gasteiger partial charge on any atom is 0.245 e. The van der Waals surface area contributed by atoms with Crippen molar-refractivity contribution in [1.29, 1.82) is 0 Å². The summed E-state index contributed by atoms with van der Waals surface area (Å²) < 4.78 is 0. The van der Waals surface area contributed by atoms with Crippen LogP contribution in [0.15, 0.2) is 0 Å². The second-order valence-electron chi connectivity index (χ2n) is 7.91. The number of carbonyl (C=O) groups excluding carboxylic acids is 2. The van der Waals surface area contributed by atoms with E-state index in [1.165, 1.54) is 0 Å². The van der Waals surface area contributed by atoms with Crippen molar-refractivity contribution < 1.29 is 9.59 Å². The summed E-state index contributed by atoms with van der Waals surface area (Å²) in [6.07, 6.45) is 2.60. The first-order valence-electron chi connectivity index (χ1n) is 7.83. The number of amides is 2. The Morgan fingerprint density at radius 3 is 2.25 bits per heavy atom. The van der Waals surface area contributed by atoms with Crippen LogP contribution in [-0.2, 0) is 9.59 Å². The maximum absolute atomic E-state index is 12.7. The molecule has 0 radical (unpaired) electrons. The fourth-order valence-electron chi connectivity index (χ4n) is 3.79. The van der Waals surface area contributed by atoms with Crippen LogP contribution >= 0.6 is 0 Å². The monoisotopic (exact) mass is 278 g/mol. The Bertz CT molecular complexity index is 437. The third-order valence-electron chi connectivity index (χ3n) is 6.32. The van der Waals surface area contributed by atoms with Crippen molar-refractivity contribution in [3.63, 3.8) is 0 Å². The second kappa shape index (κ2) is 4.22. The minimum atomic E-state index is -0.255. The molecule has 1 saturated heterocycles. The Labute approximate surface area is 121 Å². The van der Waals surface area contributed by atoms with Gasteiger partial charge in [-0.25, -0.2) is 0 Å². The van der Waals surface area contributed by atoms with Crippen LogP contribution in [0.5, 0.6) is 0 Å². The number of hydrogen-bond donors (Lipinski definition) is 1. The molecule has 3 fully saturated rings. The molecule has 0 spiro atoms. The van der Waals surface area contributed by atoms with E-state index in [-0.39, 0.29) is 28.7 Å². The highest BCUT2D eigenvalue weighted by Crippen LogP contribution is 2.68. The van der Waals surface area contributed by atoms with Gasteiger partial charge in [0.2, 0.25) is 11.8 Å². The van der Waals surface area contributed by atoms with E-state index in [9.17, 15) is 9.59 Å². The summed E-state index contributed by atoms with van der Waals surface area (Å²) in [4.78, 5) is 26.4. The first-order valence-corrected chi connectivity index (χ1v) is 7.83. The summed E-state index contributed by atoms with van der Waals surface area (Å²) in [6, 6.07) is -0.255. The zero-order valence-electron chi connectivity index (χ0n) is 13.0. The summed E-state index contributed by atoms with van der Waals surface area (Å²) >= 11 is 0. The predicted octanol–water partition coefficient (Wildman–Crippen LogP) is 1.80. The summed E-state index contributed by atoms with van der Waals surface area (Å²) in [6.45, 7) is 10.5. The van der Waals surface area contributed by atoms with Crippen molar-refractivity contribution in [3.05, 3.63) is 0 Å². The molecule has 2 amide bonds. The molecule has 20 heavy (non-hydrogen) atoms. The van der Waals surface area contributed by atoms with Gasteiger partial charge in [0.25, 0.3) is 0 Å². The highest BCUT2D eigenvalue weighted by Gasteiger charge is 2.65. The molecule has 4 nitrogen and oxygen atoms in total. The number of nitrogens with one attached hydrogen (secondary N) is 1. The standard InChI is InChI=1S/C16H26N2O2/c1-15(2)11(16(15,3)4)9-18-8-7-12(19)17-13(14(18)20)10-5-6-10/h10-11,13H,5-9H2,1-4H3,(H,17,19). The lowest BCUT2D eigenvalue weighted by Gasteiger charge is -2.25. The third-order valence-corrected chi connectivity index (χ3v) is 6.32. The summed E-state index contributed by atoms with van der Waals surface area (Å²) in [5, 5.41) is 2.93. The highest BCUT2D eigenvalue weighted by molar-refractivity contribution is 5.90. The van der Waals surface area contributed by atoms with Gasteiger partial charge in [-0.15, -0.1) is 0 Å². The predicted molar refractivity (Wildman–Crippen MR) is 76.9 cm³/mol. The Balaban J connectivity index is 1.72. The Morgan fingerprint density at radius 1 is 1.15 bits per heavy atom. The zero-order chi connectivity index (χ0) is 14.7. The molecule has 4 heteroatoms. The summed E-state index contributed by atoms with van der Waals surface area (Å²) in [7, 11) is 0. The van der Waals surface area contributed by atoms with Gasteiger partial charge >= 0.3 is 0 Å². The zero-order valence-corrected chi connectivity index (χ0v) is 13.0. The van der Waals surface area contributed by atoms with Gasteiger partial charge in [0.15, 0.2) is 0 Å². The van der Waals surface area contributed by atoms with Crippen molar-refractivity contribution in [3.8, 4) is 0 Å². The minimum Gasteiger partial charge on any atom is -0.344 e. The second-order valence-corrected chi connectivity index (χ2v) is 7.91. The molecule has 1 unspecified atom stereocenters. The fourth-order valence-corrected chi connectivity index (χ4v) is 3.79. The molecular weight excluding hydrogens is 252 g/mol. The van der Waals surface area contributed by atoms with Gasteiger partial charge in [-0.2, -0.15) is 0 Å². The number of carbonyl (C=O) groups is 2. The molecule has 2 saturated carbocycles. The minimum absolute atomic E-state index is 0.0343. The molecule has 3 aliphatic rings. The van der Waals surface area contributed by atoms with Gasteiger partial charge in [0, 0.05) is 19.5 Å². The van der Waals surface area contributed by atoms with Crippen LogP contribution in [-0.4, -0.2) is 35.8 Å². The summed E-state index contributed by atoms with van der Waals surface area (Å²) in [5.74, 6) is 1.10. The Hall–Kier alpha value is -1.06. The van der Waals surface area contributed by atoms with Crippen molar-refractivity contribution >= 4 is 11.8 Å². The van der Waals surface area contributed by atoms with Crippen LogP contribution in [0.2, 0.25) is 0 Å². The van der Waals surface area contributed by atoms with Gasteiger partial charge in [-0.05, 0) is 35.5 Å². The molecule has 0 aromatic rings. The largest absolute Gasteiger partial charge is 0.344 e. The first kappa shape index (κ1) is 13.9. The van der Waals surface area contributed by atoms with Crippen LogP contribution in [0.3, 0.4) is 0 Å². The molecule has 1 N–H and O–H groups in total. The molecule has 1 atom stereocenters. The van der Waals surface area contributed by atoms with Crippen LogP contribution in [0.1, 0.15) is 47.0 Å². The lowest BCUT2D eigenvalue weighted by Crippen LogP contribution is -2.46. The van der Waals surface area contributed by atoms with Crippen LogP contribution in [0.25, 0.3) is 0 Å². The highest BCUT2D eigenvalue weighted by atomic mass is 16.2. The third kappa shape index (κ3) is 2.04. The van der Waals surface area contributed by atoms with Crippen molar-refractivity contribution in [2.75, 3.05) is 13.1 Å². The normalized spacial score (nSPS) is 32.8. The van der Waals surface area contributed by atoms with Gasteiger partial charge in [0.05, 0.1) is 0 Å². The first-order chi connectivity index (χ1) is 9.25. The van der Waals surface area contributed by atoms with E-state index < -0.39 is 0 Å². The van der Waals surface area contributed by atoms with E-state index >= 15 is 0 Å². The topological polar surface area (TPSA) is 49.4 Å². The van der Waals surface area contributed by atoms with Crippen molar-refractivity contribution in [2.24, 2.45) is 22.7 Å². The lowest BCUT2D eigenvalue weighted by atomic mass is 10.0. The quantitative estimate of drug-likeness (QED) is 0.855. The van der Waals surface area contributed by atoms with Crippen molar-refractivity contribution in [1.82, 2.24) is 10.2 Å². The van der Waals surface area contributed by atoms with Crippen molar-refractivity contribution in [2.45, 2.75) is 53.0 Å². The molecule has 3 rings (SSSR count). The van der Waals surface area contributed by atoms with Crippen LogP contribution in [0.4, 0.5) is 0 Å². The molecular formula is C16H26N2O2. The van der Waals surface area contributed by atoms with E-state index in [0.717, 1.165) is 19.4 Å². The smallest absolute Gasteiger partial charge is 0.245 e. The van der Waals surface area contributed by atoms with Gasteiger partial charge in [-0.1, -0.05) is 27.7 Å². The van der Waals surface area contributed by atoms with Crippen LogP contribution < -0.4 is 5.32 Å². The van der Waals surface area contributed by atoms with Gasteiger partial charge in [0.1, 0.15) is 6.04 Å². The average molecular weight is 278 g/mol. The van der Waals surface area contributed by atoms with E-state index in [1.54, 1.807) is 0 Å². The molecule has 0 aromatic carbocycles. The SMILES string of the molecule is CC1(C)C(CN2CCC(=O)NC(C3CC3)C2=O)C1(C)C.